The van der Waals surface area contributed by atoms with Crippen molar-refractivity contribution < 1.29 is 72.0 Å². The summed E-state index contributed by atoms with van der Waals surface area (Å²) in [5.41, 5.74) is -2.40. The number of cyclic esters (lactones) is 1. The molecular weight excluding hydrogens is 1200 g/mol. The maximum atomic E-state index is 15.4. The van der Waals surface area contributed by atoms with Gasteiger partial charge >= 0.3 is 11.9 Å². The number of anilines is 1. The summed E-state index contributed by atoms with van der Waals surface area (Å²) in [6.07, 6.45) is 0.677. The maximum Gasteiger partial charge on any atom is 0.320 e. The molecule has 0 spiro atoms. The lowest BCUT2D eigenvalue weighted by atomic mass is 9.72. The molecule has 3 N–H and O–H groups in total. The third-order valence-corrected chi connectivity index (χ3v) is 20.9. The zero-order valence-corrected chi connectivity index (χ0v) is 52.4. The van der Waals surface area contributed by atoms with Crippen LogP contribution in [0.15, 0.2) is 30.6 Å². The number of Topliss-reactive ketones (excluding diaryl/α,β-unsaturated/α-hetero) is 1. The molecule has 0 radical (unpaired) electrons. The molecular formula is C57H84Cl2IN3O15S. The number of pyridine rings is 1. The summed E-state index contributed by atoms with van der Waals surface area (Å²) >= 11 is 16.9. The predicted molar refractivity (Wildman–Crippen MR) is 309 cm³/mol. The van der Waals surface area contributed by atoms with Crippen LogP contribution in [-0.4, -0.2) is 161 Å². The number of nitrogens with zero attached hydrogens (tertiary/aromatic N) is 2. The number of esters is 2. The molecule has 5 heterocycles. The standard InChI is InChI=1S/C57H84Cl2IN3O15S/c1-29-24-56(8,71-13)50(76-53-46(65)40(61-10)22-30(2)72-53)32(4)47(75-43-25-55(7,70-12)49(66)34(6)73-43)33(5)51(67)77-54(60)57(9)44(31(3)45(29)64)48(52(68)78-57)79-21-20-63(28-37-38(58)26-62-27-39(37)59)35-18-19-41(69-11)42(23-35)74-36-16-14-15-17-36/h18-19,23,26-27,29-34,36,40,43-44,46-50,53-54,61,65-66H,14-17,20-22,24-25,28H2,1-13H3/t29-,30-,31-,32+,33-,34+,40+,43+,44+,46-,47+,48+,49+,50-,53+,54+,55-,56-,57+/m1/s1. The second kappa shape index (κ2) is 27.2. The van der Waals surface area contributed by atoms with Crippen LogP contribution in [0.25, 0.3) is 0 Å². The summed E-state index contributed by atoms with van der Waals surface area (Å²) < 4.78 is 62.9. The van der Waals surface area contributed by atoms with Crippen molar-refractivity contribution in [3.05, 3.63) is 46.2 Å². The molecule has 4 aliphatic heterocycles. The Morgan fingerprint density at radius 2 is 1.56 bits per heavy atom. The molecule has 79 heavy (non-hydrogen) atoms. The second-order valence-electron chi connectivity index (χ2n) is 23.0. The van der Waals surface area contributed by atoms with Gasteiger partial charge in [0.15, 0.2) is 33.8 Å². The summed E-state index contributed by atoms with van der Waals surface area (Å²) in [7, 11) is 6.43. The van der Waals surface area contributed by atoms with Crippen molar-refractivity contribution >= 4 is 81.0 Å². The lowest BCUT2D eigenvalue weighted by Gasteiger charge is -2.49. The van der Waals surface area contributed by atoms with Gasteiger partial charge in [-0.25, -0.2) is 0 Å². The van der Waals surface area contributed by atoms with Crippen molar-refractivity contribution in [3.63, 3.8) is 0 Å². The van der Waals surface area contributed by atoms with Crippen LogP contribution in [0.5, 0.6) is 11.5 Å². The van der Waals surface area contributed by atoms with E-state index in [-0.39, 0.29) is 43.4 Å². The number of thioether (sulfide) groups is 1. The first kappa shape index (κ1) is 64.2. The monoisotopic (exact) mass is 1280 g/mol. The lowest BCUT2D eigenvalue weighted by Crippen LogP contribution is -2.61. The summed E-state index contributed by atoms with van der Waals surface area (Å²) in [5, 5.41) is 26.0. The van der Waals surface area contributed by atoms with Crippen molar-refractivity contribution in [3.8, 4) is 11.5 Å². The van der Waals surface area contributed by atoms with Gasteiger partial charge in [0.05, 0.1) is 64.8 Å². The molecule has 18 nitrogen and oxygen atoms in total. The normalized spacial score (nSPS) is 38.9. The fourth-order valence-electron chi connectivity index (χ4n) is 12.6. The van der Waals surface area contributed by atoms with Gasteiger partial charge in [-0.05, 0) is 122 Å². The molecule has 0 unspecified atom stereocenters. The Labute approximate surface area is 494 Å². The van der Waals surface area contributed by atoms with E-state index in [2.05, 4.69) is 15.2 Å². The van der Waals surface area contributed by atoms with Crippen molar-refractivity contribution in [1.29, 1.82) is 0 Å². The smallest absolute Gasteiger partial charge is 0.320 e. The molecule has 7 rings (SSSR count). The molecule has 5 fully saturated rings. The van der Waals surface area contributed by atoms with E-state index in [0.717, 1.165) is 31.4 Å². The number of carbonyl (C=O) groups is 3. The number of rotatable bonds is 17. The van der Waals surface area contributed by atoms with Crippen molar-refractivity contribution in [2.24, 2.45) is 29.6 Å². The summed E-state index contributed by atoms with van der Waals surface area (Å²) in [4.78, 5) is 51.3. The van der Waals surface area contributed by atoms with Gasteiger partial charge in [0.25, 0.3) is 0 Å². The number of carbonyl (C=O) groups excluding carboxylic acids is 3. The van der Waals surface area contributed by atoms with Crippen LogP contribution < -0.4 is 19.7 Å². The number of alkyl halides is 1. The first-order valence-corrected chi connectivity index (χ1v) is 30.7. The van der Waals surface area contributed by atoms with E-state index >= 15 is 9.59 Å². The molecule has 1 saturated carbocycles. The molecule has 1 aromatic carbocycles. The number of nitrogens with one attached hydrogen (secondary N) is 1. The molecule has 1 aliphatic carbocycles. The number of aromatic nitrogens is 1. The molecule has 5 aliphatic rings. The summed E-state index contributed by atoms with van der Waals surface area (Å²) in [6, 6.07) is 5.40. The first-order chi connectivity index (χ1) is 37.3. The Morgan fingerprint density at radius 3 is 2.19 bits per heavy atom. The van der Waals surface area contributed by atoms with E-state index in [1.807, 2.05) is 75.4 Å². The largest absolute Gasteiger partial charge is 0.493 e. The van der Waals surface area contributed by atoms with Gasteiger partial charge in [-0.1, -0.05) is 44.0 Å². The number of aliphatic hydroxyl groups excluding tert-OH is 2. The fraction of sp³-hybridized carbons (Fsp3) is 0.754. The van der Waals surface area contributed by atoms with Crippen molar-refractivity contribution in [2.75, 3.05) is 45.6 Å². The van der Waals surface area contributed by atoms with Crippen LogP contribution in [0, 0.1) is 29.6 Å². The summed E-state index contributed by atoms with van der Waals surface area (Å²) in [6.45, 7) is 16.9. The molecule has 4 saturated heterocycles. The third-order valence-electron chi connectivity index (χ3n) is 17.5. The fourth-order valence-corrected chi connectivity index (χ4v) is 15.4. The van der Waals surface area contributed by atoms with Gasteiger partial charge in [-0.15, -0.1) is 11.8 Å². The highest BCUT2D eigenvalue weighted by Crippen LogP contribution is 2.50. The number of halogens is 3. The van der Waals surface area contributed by atoms with Crippen LogP contribution in [0.4, 0.5) is 5.69 Å². The Kier molecular flexibility index (Phi) is 22.1. The van der Waals surface area contributed by atoms with E-state index < -0.39 is 111 Å². The topological polar surface area (TPSA) is 212 Å². The Balaban J connectivity index is 1.24. The molecule has 444 valence electrons. The third kappa shape index (κ3) is 14.1. The zero-order valence-electron chi connectivity index (χ0n) is 47.9. The molecule has 0 bridgehead atoms. The zero-order chi connectivity index (χ0) is 57.9. The molecule has 1 aromatic heterocycles. The second-order valence-corrected chi connectivity index (χ2v) is 26.2. The number of methoxy groups -OCH3 is 3. The molecule has 22 heteroatoms. The highest BCUT2D eigenvalue weighted by atomic mass is 127. The Morgan fingerprint density at radius 1 is 0.886 bits per heavy atom. The van der Waals surface area contributed by atoms with Gasteiger partial charge in [0.1, 0.15) is 23.2 Å². The number of hydrogen-bond donors (Lipinski definition) is 3. The van der Waals surface area contributed by atoms with E-state index in [4.69, 9.17) is 70.6 Å². The Hall–Kier alpha value is -2.32. The highest BCUT2D eigenvalue weighted by molar-refractivity contribution is 14.1. The van der Waals surface area contributed by atoms with Crippen LogP contribution in [0.2, 0.25) is 10.0 Å². The maximum absolute atomic E-state index is 15.4. The minimum absolute atomic E-state index is 0.0667. The van der Waals surface area contributed by atoms with Gasteiger partial charge in [0.2, 0.25) is 0 Å². The van der Waals surface area contributed by atoms with Crippen LogP contribution >= 0.6 is 57.6 Å². The van der Waals surface area contributed by atoms with E-state index in [1.54, 1.807) is 54.2 Å². The van der Waals surface area contributed by atoms with Gasteiger partial charge in [-0.2, -0.15) is 0 Å². The highest BCUT2D eigenvalue weighted by Gasteiger charge is 2.62. The molecule has 2 aromatic rings. The van der Waals surface area contributed by atoms with Crippen molar-refractivity contribution in [1.82, 2.24) is 10.3 Å². The number of hydrogen-bond acceptors (Lipinski definition) is 19. The van der Waals surface area contributed by atoms with Crippen LogP contribution in [0.1, 0.15) is 113 Å². The first-order valence-electron chi connectivity index (χ1n) is 27.7. The Bertz CT molecular complexity index is 2400. The number of ketones is 1. The van der Waals surface area contributed by atoms with E-state index in [1.165, 1.54) is 26.0 Å². The SMILES string of the molecule is CN[C@H]1C[C@@H](C)O[C@@H](O[C@@H]2[C@@H](C)[C@H](O[C@H]3C[C@@](C)(OC)[C@@H](O)[C@H](C)O3)[C@@H](C)C(=O)O[C@H](I)[C@@]3(C)OC(=O)[C@@H](SCCN(Cc4c(Cl)cncc4Cl)c4ccc(OC)c(OC5CCCC5)c4)[C@@H]3[C@@H](C)C(=O)[C@H](C)C[C@@]2(C)OC)[C@@H]1O. The summed E-state index contributed by atoms with van der Waals surface area (Å²) in [5.74, 6) is -3.91. The lowest BCUT2D eigenvalue weighted by molar-refractivity contribution is -0.317. The number of ether oxygens (including phenoxy) is 10. The van der Waals surface area contributed by atoms with E-state index in [9.17, 15) is 15.0 Å². The predicted octanol–water partition coefficient (Wildman–Crippen LogP) is 8.74. The molecule has 19 atom stereocenters. The number of fused-ring (bicyclic) bond motifs is 1. The number of benzene rings is 1. The minimum Gasteiger partial charge on any atom is -0.493 e. The minimum atomic E-state index is -1.49. The van der Waals surface area contributed by atoms with Gasteiger partial charge < -0.3 is 67.8 Å². The number of likely N-dealkylation sites (N-methyl/N-ethyl adjacent to an activating group) is 1. The van der Waals surface area contributed by atoms with Crippen LogP contribution in [0.3, 0.4) is 0 Å². The number of aliphatic hydroxyl groups is 2. The van der Waals surface area contributed by atoms with E-state index in [0.29, 0.717) is 45.8 Å². The average molecular weight is 1280 g/mol. The average Bonchev–Trinajstić information content (AvgIpc) is 4.24. The van der Waals surface area contributed by atoms with Gasteiger partial charge in [0, 0.05) is 98.9 Å². The van der Waals surface area contributed by atoms with Crippen molar-refractivity contribution in [2.45, 2.75) is 201 Å². The quantitative estimate of drug-likeness (QED) is 0.0767. The molecule has 0 amide bonds. The van der Waals surface area contributed by atoms with Crippen LogP contribution in [-0.2, 0) is 58.8 Å². The van der Waals surface area contributed by atoms with Gasteiger partial charge in [-0.3, -0.25) is 19.4 Å².